The van der Waals surface area contributed by atoms with Gasteiger partial charge in [-0.15, -0.1) is 0 Å². The number of nitrogens with zero attached hydrogens (tertiary/aromatic N) is 4. The van der Waals surface area contributed by atoms with Crippen molar-refractivity contribution < 1.29 is 9.53 Å². The number of hydrogen-bond acceptors (Lipinski definition) is 5. The molecule has 1 aliphatic heterocycles. The summed E-state index contributed by atoms with van der Waals surface area (Å²) in [5.74, 6) is 0.205. The largest absolute Gasteiger partial charge is 0.484 e. The molecule has 1 saturated heterocycles. The first-order valence-corrected chi connectivity index (χ1v) is 7.77. The molecule has 7 heteroatoms. The van der Waals surface area contributed by atoms with E-state index in [4.69, 9.17) is 10.5 Å². The minimum Gasteiger partial charge on any atom is -0.484 e. The van der Waals surface area contributed by atoms with Gasteiger partial charge in [0, 0.05) is 12.6 Å². The van der Waals surface area contributed by atoms with Gasteiger partial charge >= 0.3 is 0 Å². The highest BCUT2D eigenvalue weighted by atomic mass is 16.5. The van der Waals surface area contributed by atoms with Gasteiger partial charge in [-0.1, -0.05) is 12.1 Å². The Balaban J connectivity index is 1.61. The molecule has 0 radical (unpaired) electrons. The third kappa shape index (κ3) is 4.29. The van der Waals surface area contributed by atoms with Crippen LogP contribution in [-0.2, 0) is 17.9 Å². The number of benzene rings is 1. The first-order chi connectivity index (χ1) is 11.2. The van der Waals surface area contributed by atoms with Crippen molar-refractivity contribution in [2.45, 2.75) is 32.0 Å². The molecule has 1 amide bonds. The molecule has 1 fully saturated rings. The summed E-state index contributed by atoms with van der Waals surface area (Å²) in [7, 11) is 0. The number of amides is 1. The minimum absolute atomic E-state index is 0.0951. The third-order valence-corrected chi connectivity index (χ3v) is 4.03. The van der Waals surface area contributed by atoms with Gasteiger partial charge in [0.05, 0.1) is 6.54 Å². The van der Waals surface area contributed by atoms with Gasteiger partial charge in [-0.3, -0.25) is 14.4 Å². The molecule has 0 aliphatic carbocycles. The third-order valence-electron chi connectivity index (χ3n) is 4.03. The van der Waals surface area contributed by atoms with E-state index in [1.54, 1.807) is 12.7 Å². The van der Waals surface area contributed by atoms with Crippen molar-refractivity contribution in [1.29, 1.82) is 0 Å². The van der Waals surface area contributed by atoms with Gasteiger partial charge in [0.2, 0.25) is 0 Å². The number of nitrogens with two attached hydrogens (primary N) is 1. The Kier molecular flexibility index (Phi) is 4.87. The Bertz CT molecular complexity index is 644. The number of primary amides is 1. The monoisotopic (exact) mass is 315 g/mol. The van der Waals surface area contributed by atoms with Crippen LogP contribution in [0.5, 0.6) is 5.75 Å². The summed E-state index contributed by atoms with van der Waals surface area (Å²) in [5, 5.41) is 4.19. The number of likely N-dealkylation sites (tertiary alicyclic amines) is 1. The highest BCUT2D eigenvalue weighted by molar-refractivity contribution is 5.75. The van der Waals surface area contributed by atoms with Crippen LogP contribution >= 0.6 is 0 Å². The molecule has 1 aromatic heterocycles. The SMILES string of the molecule is NC(=O)COc1cccc(CN2CCCC2Cn2cncn2)c1. The van der Waals surface area contributed by atoms with Crippen LogP contribution in [0.3, 0.4) is 0 Å². The summed E-state index contributed by atoms with van der Waals surface area (Å²) >= 11 is 0. The molecule has 2 aromatic rings. The van der Waals surface area contributed by atoms with Crippen LogP contribution in [0, 0.1) is 0 Å². The smallest absolute Gasteiger partial charge is 0.255 e. The van der Waals surface area contributed by atoms with Crippen LogP contribution in [0.25, 0.3) is 0 Å². The van der Waals surface area contributed by atoms with Crippen molar-refractivity contribution in [2.24, 2.45) is 5.73 Å². The van der Waals surface area contributed by atoms with Crippen molar-refractivity contribution >= 4 is 5.91 Å². The molecule has 0 saturated carbocycles. The van der Waals surface area contributed by atoms with Crippen LogP contribution < -0.4 is 10.5 Å². The van der Waals surface area contributed by atoms with Crippen molar-refractivity contribution in [3.05, 3.63) is 42.5 Å². The fourth-order valence-corrected chi connectivity index (χ4v) is 2.98. The minimum atomic E-state index is -0.470. The predicted molar refractivity (Wildman–Crippen MR) is 84.6 cm³/mol. The molecular formula is C16H21N5O2. The molecule has 1 atom stereocenters. The second-order valence-corrected chi connectivity index (χ2v) is 5.79. The maximum atomic E-state index is 10.8. The maximum Gasteiger partial charge on any atom is 0.255 e. The molecule has 2 N–H and O–H groups in total. The van der Waals surface area contributed by atoms with Crippen molar-refractivity contribution in [1.82, 2.24) is 19.7 Å². The number of ether oxygens (including phenoxy) is 1. The van der Waals surface area contributed by atoms with Crippen LogP contribution in [-0.4, -0.2) is 44.8 Å². The average Bonchev–Trinajstić information content (AvgIpc) is 3.19. The van der Waals surface area contributed by atoms with E-state index >= 15 is 0 Å². The summed E-state index contributed by atoms with van der Waals surface area (Å²) in [6.45, 7) is 2.69. The lowest BCUT2D eigenvalue weighted by atomic mass is 10.1. The number of aromatic nitrogens is 3. The fraction of sp³-hybridized carbons (Fsp3) is 0.438. The molecule has 0 spiro atoms. The van der Waals surface area contributed by atoms with E-state index < -0.39 is 5.91 Å². The van der Waals surface area contributed by atoms with Crippen molar-refractivity contribution in [3.8, 4) is 5.75 Å². The standard InChI is InChI=1S/C16H21N5O2/c17-16(22)10-23-15-5-1-3-13(7-15)8-20-6-2-4-14(20)9-21-12-18-11-19-21/h1,3,5,7,11-12,14H,2,4,6,8-10H2,(H2,17,22). The molecule has 1 unspecified atom stereocenters. The van der Waals surface area contributed by atoms with E-state index in [-0.39, 0.29) is 6.61 Å². The zero-order valence-corrected chi connectivity index (χ0v) is 13.0. The molecule has 122 valence electrons. The zero-order valence-electron chi connectivity index (χ0n) is 13.0. The van der Waals surface area contributed by atoms with Crippen LogP contribution in [0.4, 0.5) is 0 Å². The van der Waals surface area contributed by atoms with E-state index in [1.165, 1.54) is 6.42 Å². The van der Waals surface area contributed by atoms with Gasteiger partial charge in [0.1, 0.15) is 18.4 Å². The highest BCUT2D eigenvalue weighted by Crippen LogP contribution is 2.23. The van der Waals surface area contributed by atoms with E-state index in [0.717, 1.165) is 31.6 Å². The number of carbonyl (C=O) groups is 1. The van der Waals surface area contributed by atoms with Crippen molar-refractivity contribution in [2.75, 3.05) is 13.2 Å². The Labute approximate surface area is 135 Å². The predicted octanol–water partition coefficient (Wildman–Crippen LogP) is 0.807. The molecule has 2 heterocycles. The van der Waals surface area contributed by atoms with Crippen molar-refractivity contribution in [3.63, 3.8) is 0 Å². The zero-order chi connectivity index (χ0) is 16.1. The fourth-order valence-electron chi connectivity index (χ4n) is 2.98. The molecule has 3 rings (SSSR count). The molecule has 0 bridgehead atoms. The Morgan fingerprint density at radius 3 is 3.13 bits per heavy atom. The number of rotatable bonds is 7. The van der Waals surface area contributed by atoms with Crippen LogP contribution in [0.2, 0.25) is 0 Å². The molecule has 23 heavy (non-hydrogen) atoms. The lowest BCUT2D eigenvalue weighted by Gasteiger charge is -2.24. The lowest BCUT2D eigenvalue weighted by Crippen LogP contribution is -2.32. The van der Waals surface area contributed by atoms with Gasteiger partial charge in [-0.25, -0.2) is 4.98 Å². The summed E-state index contributed by atoms with van der Waals surface area (Å²) in [5.41, 5.74) is 6.27. The Hall–Kier alpha value is -2.41. The second kappa shape index (κ2) is 7.23. The average molecular weight is 315 g/mol. The first kappa shape index (κ1) is 15.5. The van der Waals surface area contributed by atoms with E-state index in [1.807, 2.05) is 22.9 Å². The van der Waals surface area contributed by atoms with Gasteiger partial charge in [0.25, 0.3) is 5.91 Å². The van der Waals surface area contributed by atoms with Crippen LogP contribution in [0.1, 0.15) is 18.4 Å². The molecule has 7 nitrogen and oxygen atoms in total. The van der Waals surface area contributed by atoms with E-state index in [0.29, 0.717) is 11.8 Å². The molecule has 1 aromatic carbocycles. The Morgan fingerprint density at radius 1 is 1.43 bits per heavy atom. The molecular weight excluding hydrogens is 294 g/mol. The summed E-state index contributed by atoms with van der Waals surface area (Å²) in [4.78, 5) is 17.3. The van der Waals surface area contributed by atoms with Gasteiger partial charge < -0.3 is 10.5 Å². The second-order valence-electron chi connectivity index (χ2n) is 5.79. The van der Waals surface area contributed by atoms with E-state index in [9.17, 15) is 4.79 Å². The highest BCUT2D eigenvalue weighted by Gasteiger charge is 2.25. The summed E-state index contributed by atoms with van der Waals surface area (Å²) in [6.07, 6.45) is 5.68. The Morgan fingerprint density at radius 2 is 2.35 bits per heavy atom. The molecule has 1 aliphatic rings. The first-order valence-electron chi connectivity index (χ1n) is 7.77. The topological polar surface area (TPSA) is 86.3 Å². The van der Waals surface area contributed by atoms with Gasteiger partial charge in [0.15, 0.2) is 6.61 Å². The normalized spacial score (nSPS) is 18.2. The van der Waals surface area contributed by atoms with Gasteiger partial charge in [-0.05, 0) is 37.1 Å². The lowest BCUT2D eigenvalue weighted by molar-refractivity contribution is -0.119. The van der Waals surface area contributed by atoms with Gasteiger partial charge in [-0.2, -0.15) is 5.10 Å². The summed E-state index contributed by atoms with van der Waals surface area (Å²) < 4.78 is 7.25. The number of carbonyl (C=O) groups excluding carboxylic acids is 1. The van der Waals surface area contributed by atoms with Crippen LogP contribution in [0.15, 0.2) is 36.9 Å². The quantitative estimate of drug-likeness (QED) is 0.817. The summed E-state index contributed by atoms with van der Waals surface area (Å²) in [6, 6.07) is 8.28. The maximum absolute atomic E-state index is 10.8. The van der Waals surface area contributed by atoms with E-state index in [2.05, 4.69) is 21.0 Å². The number of hydrogen-bond donors (Lipinski definition) is 1.